The first-order valence-corrected chi connectivity index (χ1v) is 10.6. The number of pyridine rings is 1. The molecule has 1 aliphatic heterocycles. The lowest BCUT2D eigenvalue weighted by Gasteiger charge is -2.38. The van der Waals surface area contributed by atoms with E-state index in [4.69, 9.17) is 4.74 Å². The van der Waals surface area contributed by atoms with E-state index in [1.807, 2.05) is 6.92 Å². The zero-order valence-electron chi connectivity index (χ0n) is 18.0. The normalized spacial score (nSPS) is 18.1. The van der Waals surface area contributed by atoms with E-state index < -0.39 is 11.8 Å². The van der Waals surface area contributed by atoms with Crippen LogP contribution in [0.1, 0.15) is 40.5 Å². The fraction of sp³-hybridized carbons (Fsp3) is 0.292. The van der Waals surface area contributed by atoms with Crippen LogP contribution in [-0.2, 0) is 0 Å². The molecule has 33 heavy (non-hydrogen) atoms. The fourth-order valence-electron chi connectivity index (χ4n) is 3.89. The lowest BCUT2D eigenvalue weighted by atomic mass is 9.92. The van der Waals surface area contributed by atoms with Gasteiger partial charge in [-0.1, -0.05) is 0 Å². The van der Waals surface area contributed by atoms with Gasteiger partial charge in [0.05, 0.1) is 23.9 Å². The number of carbonyl (C=O) groups is 2. The SMILES string of the molecule is C[C@@H]1CC[C@@H](COc2ccc(F)cn2)CN1C(=O)c1cc(C(=O)O)ccc1-c1ncccn1. The van der Waals surface area contributed by atoms with Crippen molar-refractivity contribution >= 4 is 11.9 Å². The predicted octanol–water partition coefficient (Wildman–Crippen LogP) is 3.70. The van der Waals surface area contributed by atoms with E-state index in [1.165, 1.54) is 24.3 Å². The monoisotopic (exact) mass is 450 g/mol. The van der Waals surface area contributed by atoms with Gasteiger partial charge in [0.1, 0.15) is 5.82 Å². The number of carbonyl (C=O) groups excluding carboxylic acids is 1. The van der Waals surface area contributed by atoms with Crippen LogP contribution in [0.4, 0.5) is 4.39 Å². The number of ether oxygens (including phenoxy) is 1. The number of amides is 1. The summed E-state index contributed by atoms with van der Waals surface area (Å²) in [4.78, 5) is 39.3. The number of halogens is 1. The minimum Gasteiger partial charge on any atom is -0.478 e. The molecule has 1 N–H and O–H groups in total. The average Bonchev–Trinajstić information content (AvgIpc) is 2.84. The Morgan fingerprint density at radius 2 is 1.94 bits per heavy atom. The summed E-state index contributed by atoms with van der Waals surface area (Å²) >= 11 is 0. The molecule has 2 atom stereocenters. The summed E-state index contributed by atoms with van der Waals surface area (Å²) in [5.74, 6) is -1.11. The molecule has 8 nitrogen and oxygen atoms in total. The summed E-state index contributed by atoms with van der Waals surface area (Å²) in [5, 5.41) is 9.45. The maximum absolute atomic E-state index is 13.6. The van der Waals surface area contributed by atoms with Crippen LogP contribution in [-0.4, -0.2) is 56.0 Å². The number of nitrogens with zero attached hydrogens (tertiary/aromatic N) is 4. The molecule has 0 bridgehead atoms. The third-order valence-corrected chi connectivity index (χ3v) is 5.71. The van der Waals surface area contributed by atoms with E-state index in [2.05, 4.69) is 15.0 Å². The number of hydrogen-bond donors (Lipinski definition) is 1. The van der Waals surface area contributed by atoms with Gasteiger partial charge in [-0.25, -0.2) is 24.1 Å². The van der Waals surface area contributed by atoms with Gasteiger partial charge in [-0.05, 0) is 50.1 Å². The summed E-state index contributed by atoms with van der Waals surface area (Å²) in [7, 11) is 0. The average molecular weight is 450 g/mol. The van der Waals surface area contributed by atoms with E-state index >= 15 is 0 Å². The quantitative estimate of drug-likeness (QED) is 0.610. The van der Waals surface area contributed by atoms with Crippen LogP contribution >= 0.6 is 0 Å². The highest BCUT2D eigenvalue weighted by atomic mass is 19.1. The molecular weight excluding hydrogens is 427 g/mol. The van der Waals surface area contributed by atoms with Crippen molar-refractivity contribution in [3.63, 3.8) is 0 Å². The van der Waals surface area contributed by atoms with Crippen LogP contribution < -0.4 is 4.74 Å². The van der Waals surface area contributed by atoms with Gasteiger partial charge < -0.3 is 14.7 Å². The molecule has 0 unspecified atom stereocenters. The van der Waals surface area contributed by atoms with Gasteiger partial charge in [-0.3, -0.25) is 4.79 Å². The van der Waals surface area contributed by atoms with Crippen molar-refractivity contribution in [1.82, 2.24) is 19.9 Å². The number of aromatic nitrogens is 3. The van der Waals surface area contributed by atoms with Crippen LogP contribution in [0.2, 0.25) is 0 Å². The van der Waals surface area contributed by atoms with Crippen LogP contribution in [0.25, 0.3) is 11.4 Å². The Balaban J connectivity index is 1.57. The molecule has 4 rings (SSSR count). The molecule has 170 valence electrons. The second-order valence-electron chi connectivity index (χ2n) is 8.01. The number of piperidine rings is 1. The van der Waals surface area contributed by atoms with Gasteiger partial charge in [-0.2, -0.15) is 0 Å². The van der Waals surface area contributed by atoms with Crippen molar-refractivity contribution in [2.75, 3.05) is 13.2 Å². The predicted molar refractivity (Wildman–Crippen MR) is 117 cm³/mol. The first-order chi connectivity index (χ1) is 15.9. The molecule has 3 heterocycles. The molecule has 3 aromatic rings. The van der Waals surface area contributed by atoms with Gasteiger partial charge in [0.2, 0.25) is 5.88 Å². The van der Waals surface area contributed by atoms with E-state index in [9.17, 15) is 19.1 Å². The highest BCUT2D eigenvalue weighted by Crippen LogP contribution is 2.28. The zero-order chi connectivity index (χ0) is 23.4. The lowest BCUT2D eigenvalue weighted by Crippen LogP contribution is -2.47. The molecule has 1 saturated heterocycles. The third-order valence-electron chi connectivity index (χ3n) is 5.71. The number of carboxylic acid groups (broad SMARTS) is 1. The fourth-order valence-corrected chi connectivity index (χ4v) is 3.89. The van der Waals surface area contributed by atoms with Crippen LogP contribution in [0.15, 0.2) is 55.0 Å². The summed E-state index contributed by atoms with van der Waals surface area (Å²) in [6, 6.07) is 8.78. The van der Waals surface area contributed by atoms with E-state index in [0.717, 1.165) is 19.0 Å². The van der Waals surface area contributed by atoms with Crippen LogP contribution in [0, 0.1) is 11.7 Å². The second-order valence-corrected chi connectivity index (χ2v) is 8.01. The molecule has 0 saturated carbocycles. The first kappa shape index (κ1) is 22.3. The molecule has 9 heteroatoms. The standard InChI is InChI=1S/C24H23FN4O4/c1-15-3-4-16(14-33-21-8-6-18(25)12-28-21)13-29(15)23(30)20-11-17(24(31)32)5-7-19(20)22-26-9-2-10-27-22/h2,5-12,15-16H,3-4,13-14H2,1H3,(H,31,32)/t15-,16-/m1/s1. The molecule has 1 fully saturated rings. The minimum absolute atomic E-state index is 0.0185. The number of benzene rings is 1. The molecule has 1 aliphatic rings. The van der Waals surface area contributed by atoms with Crippen molar-refractivity contribution in [3.8, 4) is 17.3 Å². The van der Waals surface area contributed by atoms with E-state index in [1.54, 1.807) is 29.4 Å². The summed E-state index contributed by atoms with van der Waals surface area (Å²) in [6.45, 7) is 2.74. The van der Waals surface area contributed by atoms with Crippen molar-refractivity contribution in [1.29, 1.82) is 0 Å². The Hall–Kier alpha value is -3.88. The number of aromatic carboxylic acids is 1. The van der Waals surface area contributed by atoms with E-state index in [-0.39, 0.29) is 29.0 Å². The second kappa shape index (κ2) is 9.72. The highest BCUT2D eigenvalue weighted by Gasteiger charge is 2.32. The maximum atomic E-state index is 13.6. The van der Waals surface area contributed by atoms with Gasteiger partial charge in [0, 0.05) is 42.5 Å². The molecular formula is C24H23FN4O4. The summed E-state index contributed by atoms with van der Waals surface area (Å²) < 4.78 is 18.8. The summed E-state index contributed by atoms with van der Waals surface area (Å²) in [5.41, 5.74) is 0.742. The van der Waals surface area contributed by atoms with Gasteiger partial charge in [-0.15, -0.1) is 0 Å². The Bertz CT molecular complexity index is 1140. The number of likely N-dealkylation sites (tertiary alicyclic amines) is 1. The molecule has 0 aliphatic carbocycles. The summed E-state index contributed by atoms with van der Waals surface area (Å²) in [6.07, 6.45) is 5.86. The maximum Gasteiger partial charge on any atom is 0.335 e. The number of rotatable bonds is 6. The Morgan fingerprint density at radius 1 is 1.15 bits per heavy atom. The molecule has 1 aromatic carbocycles. The Labute approximate surface area is 190 Å². The molecule has 2 aromatic heterocycles. The number of carboxylic acids is 1. The Morgan fingerprint density at radius 3 is 2.64 bits per heavy atom. The number of hydrogen-bond acceptors (Lipinski definition) is 6. The van der Waals surface area contributed by atoms with Gasteiger partial charge >= 0.3 is 5.97 Å². The van der Waals surface area contributed by atoms with Crippen molar-refractivity contribution in [3.05, 3.63) is 71.9 Å². The van der Waals surface area contributed by atoms with Crippen molar-refractivity contribution in [2.24, 2.45) is 5.92 Å². The first-order valence-electron chi connectivity index (χ1n) is 10.6. The van der Waals surface area contributed by atoms with E-state index in [0.29, 0.717) is 30.4 Å². The van der Waals surface area contributed by atoms with Crippen LogP contribution in [0.3, 0.4) is 0 Å². The van der Waals surface area contributed by atoms with Gasteiger partial charge in [0.15, 0.2) is 5.82 Å². The smallest absolute Gasteiger partial charge is 0.335 e. The third kappa shape index (κ3) is 5.14. The molecule has 0 radical (unpaired) electrons. The largest absolute Gasteiger partial charge is 0.478 e. The van der Waals surface area contributed by atoms with Crippen molar-refractivity contribution in [2.45, 2.75) is 25.8 Å². The minimum atomic E-state index is -1.12. The topological polar surface area (TPSA) is 106 Å². The molecule has 0 spiro atoms. The molecule has 1 amide bonds. The van der Waals surface area contributed by atoms with Crippen molar-refractivity contribution < 1.29 is 23.8 Å². The highest BCUT2D eigenvalue weighted by molar-refractivity contribution is 6.02. The Kier molecular flexibility index (Phi) is 6.58. The van der Waals surface area contributed by atoms with Crippen LogP contribution in [0.5, 0.6) is 5.88 Å². The zero-order valence-corrected chi connectivity index (χ0v) is 18.0. The van der Waals surface area contributed by atoms with Gasteiger partial charge in [0.25, 0.3) is 5.91 Å². The lowest BCUT2D eigenvalue weighted by molar-refractivity contribution is 0.0503.